The molecule has 0 aliphatic carbocycles. The van der Waals surface area contributed by atoms with Crippen LogP contribution in [0.5, 0.6) is 5.88 Å². The fourth-order valence-corrected chi connectivity index (χ4v) is 4.34. The summed E-state index contributed by atoms with van der Waals surface area (Å²) >= 11 is 7.54. The van der Waals surface area contributed by atoms with Crippen LogP contribution in [0.25, 0.3) is 11.2 Å². The second-order valence-electron chi connectivity index (χ2n) is 6.01. The van der Waals surface area contributed by atoms with Crippen LogP contribution in [0.4, 0.5) is 5.82 Å². The first kappa shape index (κ1) is 18.2. The zero-order valence-corrected chi connectivity index (χ0v) is 15.9. The van der Waals surface area contributed by atoms with Crippen LogP contribution in [0.2, 0.25) is 5.28 Å². The Bertz CT molecular complexity index is 970. The summed E-state index contributed by atoms with van der Waals surface area (Å²) in [5.74, 6) is 1.45. The third-order valence-electron chi connectivity index (χ3n) is 4.26. The fourth-order valence-electron chi connectivity index (χ4n) is 2.89. The summed E-state index contributed by atoms with van der Waals surface area (Å²) < 4.78 is 6.84. The highest BCUT2D eigenvalue weighted by Crippen LogP contribution is 2.38. The summed E-state index contributed by atoms with van der Waals surface area (Å²) in [6.07, 6.45) is 1.56. The van der Waals surface area contributed by atoms with E-state index < -0.39 is 12.2 Å². The first-order valence-corrected chi connectivity index (χ1v) is 9.60. The molecular weight excluding hydrogens is 392 g/mol. The number of aromatic nitrogens is 5. The SMILES string of the molecule is COc1cc(CNc2nc(Cl)nc3c2ncn3[C@@H]2SC[C@@H](O)[C@H]2O)ccn1. The van der Waals surface area contributed by atoms with Gasteiger partial charge in [0.15, 0.2) is 17.0 Å². The minimum absolute atomic E-state index is 0.0668. The van der Waals surface area contributed by atoms with E-state index in [0.29, 0.717) is 35.2 Å². The van der Waals surface area contributed by atoms with Crippen molar-refractivity contribution in [3.63, 3.8) is 0 Å². The van der Waals surface area contributed by atoms with Crippen LogP contribution in [0.15, 0.2) is 24.7 Å². The fraction of sp³-hybridized carbons (Fsp3) is 0.375. The highest BCUT2D eigenvalue weighted by Gasteiger charge is 2.36. The molecule has 0 unspecified atom stereocenters. The second-order valence-corrected chi connectivity index (χ2v) is 7.49. The number of pyridine rings is 1. The van der Waals surface area contributed by atoms with Crippen molar-refractivity contribution in [1.82, 2.24) is 24.5 Å². The lowest BCUT2D eigenvalue weighted by atomic mass is 10.2. The predicted octanol–water partition coefficient (Wildman–Crippen LogP) is 1.46. The first-order valence-electron chi connectivity index (χ1n) is 8.17. The van der Waals surface area contributed by atoms with Crippen LogP contribution >= 0.6 is 23.4 Å². The van der Waals surface area contributed by atoms with Crippen LogP contribution in [0.1, 0.15) is 10.9 Å². The number of halogens is 1. The quantitative estimate of drug-likeness (QED) is 0.539. The Morgan fingerprint density at radius 2 is 2.22 bits per heavy atom. The van der Waals surface area contributed by atoms with E-state index in [1.54, 1.807) is 24.2 Å². The number of aliphatic hydroxyl groups is 2. The lowest BCUT2D eigenvalue weighted by Crippen LogP contribution is -2.27. The zero-order valence-electron chi connectivity index (χ0n) is 14.3. The van der Waals surface area contributed by atoms with Crippen LogP contribution < -0.4 is 10.1 Å². The third kappa shape index (κ3) is 3.53. The maximum absolute atomic E-state index is 10.2. The molecular formula is C16H17ClN6O3S. The Kier molecular flexibility index (Phi) is 5.04. The highest BCUT2D eigenvalue weighted by atomic mass is 35.5. The number of methoxy groups -OCH3 is 1. The number of fused-ring (bicyclic) bond motifs is 1. The Morgan fingerprint density at radius 1 is 1.37 bits per heavy atom. The number of hydrogen-bond donors (Lipinski definition) is 3. The second kappa shape index (κ2) is 7.47. The van der Waals surface area contributed by atoms with Crippen molar-refractivity contribution in [2.45, 2.75) is 24.1 Å². The molecule has 0 spiro atoms. The summed E-state index contributed by atoms with van der Waals surface area (Å²) in [6.45, 7) is 0.466. The van der Waals surface area contributed by atoms with Crippen LogP contribution in [-0.4, -0.2) is 59.8 Å². The number of rotatable bonds is 5. The molecule has 3 aromatic rings. The topological polar surface area (TPSA) is 118 Å². The minimum atomic E-state index is -0.901. The molecule has 4 rings (SSSR count). The molecule has 1 aliphatic heterocycles. The van der Waals surface area contributed by atoms with E-state index >= 15 is 0 Å². The molecule has 9 nitrogen and oxygen atoms in total. The molecule has 11 heteroatoms. The van der Waals surface area contributed by atoms with Gasteiger partial charge in [0.05, 0.1) is 19.5 Å². The number of anilines is 1. The van der Waals surface area contributed by atoms with Gasteiger partial charge in [-0.25, -0.2) is 9.97 Å². The molecule has 142 valence electrons. The van der Waals surface area contributed by atoms with Gasteiger partial charge in [0.2, 0.25) is 11.2 Å². The largest absolute Gasteiger partial charge is 0.481 e. The Morgan fingerprint density at radius 3 is 2.96 bits per heavy atom. The molecule has 4 heterocycles. The molecule has 0 radical (unpaired) electrons. The molecule has 0 bridgehead atoms. The van der Waals surface area contributed by atoms with E-state index in [1.165, 1.54) is 11.8 Å². The monoisotopic (exact) mass is 408 g/mol. The van der Waals surface area contributed by atoms with Crippen molar-refractivity contribution in [2.75, 3.05) is 18.2 Å². The summed E-state index contributed by atoms with van der Waals surface area (Å²) in [7, 11) is 1.56. The highest BCUT2D eigenvalue weighted by molar-refractivity contribution is 7.99. The molecule has 0 aromatic carbocycles. The number of imidazole rings is 1. The average Bonchev–Trinajstić information content (AvgIpc) is 3.23. The normalized spacial score (nSPS) is 22.3. The Labute approximate surface area is 163 Å². The standard InChI is InChI=1S/C16H17ClN6O3S/c1-26-10-4-8(2-3-18-10)5-19-13-11-14(22-16(17)21-13)23(7-20-11)15-12(25)9(24)6-27-15/h2-4,7,9,12,15,24-25H,5-6H2,1H3,(H,19,21,22)/t9-,12-,15-/m1/s1. The van der Waals surface area contributed by atoms with Gasteiger partial charge in [-0.05, 0) is 23.2 Å². The molecule has 1 fully saturated rings. The van der Waals surface area contributed by atoms with Gasteiger partial charge in [-0.1, -0.05) is 0 Å². The van der Waals surface area contributed by atoms with E-state index in [-0.39, 0.29) is 10.7 Å². The van der Waals surface area contributed by atoms with Gasteiger partial charge in [-0.3, -0.25) is 4.57 Å². The number of nitrogens with zero attached hydrogens (tertiary/aromatic N) is 5. The minimum Gasteiger partial charge on any atom is -0.481 e. The molecule has 3 aromatic heterocycles. The van der Waals surface area contributed by atoms with Crippen molar-refractivity contribution in [1.29, 1.82) is 0 Å². The molecule has 0 saturated carbocycles. The third-order valence-corrected chi connectivity index (χ3v) is 5.81. The average molecular weight is 409 g/mol. The van der Waals surface area contributed by atoms with Gasteiger partial charge in [-0.2, -0.15) is 9.97 Å². The lowest BCUT2D eigenvalue weighted by molar-refractivity contribution is 0.0313. The molecule has 27 heavy (non-hydrogen) atoms. The zero-order chi connectivity index (χ0) is 19.0. The van der Waals surface area contributed by atoms with Gasteiger partial charge >= 0.3 is 0 Å². The van der Waals surface area contributed by atoms with Crippen molar-refractivity contribution in [2.24, 2.45) is 0 Å². The number of ether oxygens (including phenoxy) is 1. The van der Waals surface area contributed by atoms with Crippen molar-refractivity contribution < 1.29 is 14.9 Å². The smallest absolute Gasteiger partial charge is 0.226 e. The van der Waals surface area contributed by atoms with E-state index in [2.05, 4.69) is 25.3 Å². The molecule has 1 saturated heterocycles. The lowest BCUT2D eigenvalue weighted by Gasteiger charge is -2.17. The van der Waals surface area contributed by atoms with Crippen LogP contribution in [-0.2, 0) is 6.54 Å². The summed E-state index contributed by atoms with van der Waals surface area (Å²) in [5.41, 5.74) is 1.99. The maximum atomic E-state index is 10.2. The molecule has 1 aliphatic rings. The Balaban J connectivity index is 1.63. The first-order chi connectivity index (χ1) is 13.1. The number of hydrogen-bond acceptors (Lipinski definition) is 9. The van der Waals surface area contributed by atoms with Crippen LogP contribution in [0, 0.1) is 0 Å². The van der Waals surface area contributed by atoms with E-state index in [0.717, 1.165) is 5.56 Å². The summed E-state index contributed by atoms with van der Waals surface area (Å²) in [6, 6.07) is 3.68. The number of nitrogens with one attached hydrogen (secondary N) is 1. The molecule has 3 atom stereocenters. The molecule has 0 amide bonds. The Hall–Kier alpha value is -2.14. The predicted molar refractivity (Wildman–Crippen MR) is 102 cm³/mol. The van der Waals surface area contributed by atoms with E-state index in [4.69, 9.17) is 16.3 Å². The van der Waals surface area contributed by atoms with Crippen molar-refractivity contribution in [3.05, 3.63) is 35.5 Å². The van der Waals surface area contributed by atoms with Gasteiger partial charge in [-0.15, -0.1) is 11.8 Å². The summed E-state index contributed by atoms with van der Waals surface area (Å²) in [5, 5.41) is 22.9. The van der Waals surface area contributed by atoms with E-state index in [9.17, 15) is 10.2 Å². The van der Waals surface area contributed by atoms with E-state index in [1.807, 2.05) is 12.1 Å². The van der Waals surface area contributed by atoms with Crippen molar-refractivity contribution in [3.8, 4) is 5.88 Å². The number of thioether (sulfide) groups is 1. The van der Waals surface area contributed by atoms with Gasteiger partial charge < -0.3 is 20.3 Å². The van der Waals surface area contributed by atoms with Crippen molar-refractivity contribution >= 4 is 40.3 Å². The number of aliphatic hydroxyl groups excluding tert-OH is 2. The summed E-state index contributed by atoms with van der Waals surface area (Å²) in [4.78, 5) is 17.0. The molecule has 3 N–H and O–H groups in total. The van der Waals surface area contributed by atoms with Gasteiger partial charge in [0.25, 0.3) is 0 Å². The van der Waals surface area contributed by atoms with Crippen LogP contribution in [0.3, 0.4) is 0 Å². The van der Waals surface area contributed by atoms with Gasteiger partial charge in [0, 0.05) is 24.6 Å². The maximum Gasteiger partial charge on any atom is 0.226 e. The van der Waals surface area contributed by atoms with Gasteiger partial charge in [0.1, 0.15) is 11.5 Å².